The van der Waals surface area contributed by atoms with Gasteiger partial charge in [-0.25, -0.2) is 9.97 Å². The summed E-state index contributed by atoms with van der Waals surface area (Å²) in [5.74, 6) is -0.955. The van der Waals surface area contributed by atoms with Gasteiger partial charge in [0, 0.05) is 26.1 Å². The summed E-state index contributed by atoms with van der Waals surface area (Å²) in [5, 5.41) is 5.48. The molecule has 1 fully saturated rings. The number of halogens is 7. The van der Waals surface area contributed by atoms with Crippen LogP contribution in [0.1, 0.15) is 55.8 Å². The molecule has 3 heterocycles. The van der Waals surface area contributed by atoms with E-state index >= 15 is 0 Å². The van der Waals surface area contributed by atoms with Gasteiger partial charge in [-0.15, -0.1) is 11.8 Å². The van der Waals surface area contributed by atoms with Gasteiger partial charge in [0.2, 0.25) is 11.9 Å². The molecular weight excluding hydrogens is 861 g/mol. The number of carbonyl (C=O) groups is 4. The molecule has 23 heteroatoms. The van der Waals surface area contributed by atoms with Crippen LogP contribution in [0, 0.1) is 0 Å². The number of ketones is 2. The van der Waals surface area contributed by atoms with Crippen LogP contribution in [-0.4, -0.2) is 82.9 Å². The van der Waals surface area contributed by atoms with E-state index in [9.17, 15) is 45.5 Å². The van der Waals surface area contributed by atoms with Crippen LogP contribution in [0.5, 0.6) is 0 Å². The monoisotopic (exact) mass is 898 g/mol. The first-order chi connectivity index (χ1) is 27.4. The minimum atomic E-state index is -4.48. The molecule has 0 radical (unpaired) electrons. The Balaban J connectivity index is 0.000000499. The minimum absolute atomic E-state index is 0. The third kappa shape index (κ3) is 18.4. The van der Waals surface area contributed by atoms with Gasteiger partial charge >= 0.3 is 41.9 Å². The fraction of sp³-hybridized carbons (Fsp3) is 0.333. The van der Waals surface area contributed by atoms with Gasteiger partial charge in [-0.2, -0.15) is 42.6 Å². The number of nitrogens with two attached hydrogens (primary N) is 2. The number of carbonyl (C=O) groups excluding carboxylic acids is 4. The average molecular weight is 899 g/mol. The van der Waals surface area contributed by atoms with E-state index in [-0.39, 0.29) is 112 Å². The van der Waals surface area contributed by atoms with Crippen molar-refractivity contribution in [3.05, 3.63) is 87.1 Å². The Morgan fingerprint density at radius 2 is 1.20 bits per heavy atom. The van der Waals surface area contributed by atoms with Gasteiger partial charge in [-0.3, -0.25) is 19.2 Å². The Morgan fingerprint density at radius 3 is 1.58 bits per heavy atom. The number of ether oxygens (including phenoxy) is 1. The Morgan fingerprint density at radius 1 is 0.780 bits per heavy atom. The normalized spacial score (nSPS) is 11.8. The van der Waals surface area contributed by atoms with Gasteiger partial charge in [0.25, 0.3) is 0 Å². The summed E-state index contributed by atoms with van der Waals surface area (Å²) in [5.41, 5.74) is 9.90. The van der Waals surface area contributed by atoms with Crippen molar-refractivity contribution in [3.8, 4) is 0 Å². The van der Waals surface area contributed by atoms with Crippen molar-refractivity contribution in [2.45, 2.75) is 43.1 Å². The fourth-order valence-electron chi connectivity index (χ4n) is 4.73. The maximum atomic E-state index is 12.7. The predicted molar refractivity (Wildman–Crippen MR) is 211 cm³/mol. The summed E-state index contributed by atoms with van der Waals surface area (Å²) >= 11 is 11.0. The van der Waals surface area contributed by atoms with Crippen LogP contribution < -0.4 is 51.7 Å². The summed E-state index contributed by atoms with van der Waals surface area (Å²) in [4.78, 5) is 61.4. The van der Waals surface area contributed by atoms with Crippen LogP contribution in [0.4, 0.5) is 49.9 Å². The molecule has 0 atom stereocenters. The summed E-state index contributed by atoms with van der Waals surface area (Å²) in [6.45, 7) is 1.51. The second-order valence-electron chi connectivity index (χ2n) is 11.6. The molecule has 314 valence electrons. The Hall–Kier alpha value is -3.99. The second-order valence-corrected chi connectivity index (χ2v) is 12.7. The van der Waals surface area contributed by atoms with Crippen molar-refractivity contribution >= 4 is 83.7 Å². The van der Waals surface area contributed by atoms with E-state index in [1.807, 2.05) is 0 Å². The minimum Gasteiger partial charge on any atom is -0.796 e. The number of hydrogen-bond acceptors (Lipinski definition) is 15. The van der Waals surface area contributed by atoms with Crippen molar-refractivity contribution < 1.29 is 79.8 Å². The molecule has 1 aliphatic heterocycles. The van der Waals surface area contributed by atoms with E-state index in [0.717, 1.165) is 37.5 Å². The van der Waals surface area contributed by atoms with Gasteiger partial charge in [0.15, 0.2) is 24.1 Å². The molecule has 0 amide bonds. The van der Waals surface area contributed by atoms with Crippen LogP contribution in [0.2, 0.25) is 5.15 Å². The largest absolute Gasteiger partial charge is 1.00 e. The average Bonchev–Trinajstić information content (AvgIpc) is 3.77. The molecule has 1 saturated heterocycles. The van der Waals surface area contributed by atoms with E-state index in [1.54, 1.807) is 12.5 Å². The van der Waals surface area contributed by atoms with Crippen LogP contribution in [0.15, 0.2) is 53.6 Å². The third-order valence-corrected chi connectivity index (χ3v) is 8.30. The van der Waals surface area contributed by atoms with Crippen LogP contribution in [0.25, 0.3) is 0 Å². The maximum Gasteiger partial charge on any atom is 1.00 e. The number of Topliss-reactive ketones (excluding diaryl/α,β-unsaturated/α-hetero) is 2. The molecule has 0 unspecified atom stereocenters. The maximum absolute atomic E-state index is 12.7. The molecule has 6 N–H and O–H groups in total. The number of hydrogen-bond donors (Lipinski definition) is 4. The zero-order chi connectivity index (χ0) is 43.5. The smallest absolute Gasteiger partial charge is 0.796 e. The topological polar surface area (TPSA) is 205 Å². The number of alkyl halides is 6. The standard InChI is InChI=1S/C16H15F3N4O2S.C15H12ClF3N4O2.C4H8O.CH4S.Na/c1-26-14-12(8-24)13(22-15(20)23-14)21-7-11(25)6-9-3-2-4-10(5-9)16(17,18)19;16-12-11(7-24)13(23-14(20)22-12)21-6-10(25)5-8-2-1-3-9(4-8)15(17,18)19;1-2-4-5-3-1;1-2;/h2-5,8H,6-7H2,1H3,(H3,20,21,22,23);1-4,7H,5-6H2,(H3,20,21,22,23);1-4H2;2H,1H3;/q;;;;+1/p-1. The number of nitrogen functional groups attached to an aromatic ring is 2. The van der Waals surface area contributed by atoms with E-state index in [0.29, 0.717) is 17.6 Å². The molecule has 13 nitrogen and oxygen atoms in total. The fourth-order valence-corrected chi connectivity index (χ4v) is 5.50. The number of anilines is 4. The number of aldehydes is 2. The molecule has 2 aromatic carbocycles. The van der Waals surface area contributed by atoms with E-state index in [4.69, 9.17) is 27.8 Å². The molecule has 0 saturated carbocycles. The molecule has 0 aliphatic carbocycles. The first-order valence-corrected chi connectivity index (χ1v) is 19.1. The van der Waals surface area contributed by atoms with E-state index in [1.165, 1.54) is 48.9 Å². The molecule has 0 bridgehead atoms. The van der Waals surface area contributed by atoms with Crippen molar-refractivity contribution in [1.82, 2.24) is 19.9 Å². The molecule has 2 aromatic heterocycles. The molecule has 59 heavy (non-hydrogen) atoms. The quantitative estimate of drug-likeness (QED) is 0.0378. The summed E-state index contributed by atoms with van der Waals surface area (Å²) in [6, 6.07) is 9.05. The van der Waals surface area contributed by atoms with E-state index < -0.39 is 29.3 Å². The number of nitrogens with zero attached hydrogens (tertiary/aromatic N) is 4. The van der Waals surface area contributed by atoms with Gasteiger partial charge in [0.05, 0.1) is 35.3 Å². The van der Waals surface area contributed by atoms with Crippen molar-refractivity contribution in [2.24, 2.45) is 0 Å². The Labute approximate surface area is 372 Å². The molecule has 4 aromatic rings. The molecule has 1 aliphatic rings. The number of aromatic nitrogens is 4. The third-order valence-electron chi connectivity index (χ3n) is 7.32. The second kappa shape index (κ2) is 26.3. The first kappa shape index (κ1) is 53.0. The molecular formula is C36H38ClF6N8NaO5S2. The summed E-state index contributed by atoms with van der Waals surface area (Å²) in [7, 11) is 0. The molecule has 5 rings (SSSR count). The van der Waals surface area contributed by atoms with Crippen molar-refractivity contribution in [2.75, 3.05) is 60.9 Å². The van der Waals surface area contributed by atoms with Crippen LogP contribution >= 0.6 is 23.4 Å². The number of benzene rings is 2. The van der Waals surface area contributed by atoms with E-state index in [2.05, 4.69) is 43.2 Å². The zero-order valence-electron chi connectivity index (χ0n) is 31.9. The number of thioether (sulfide) groups is 1. The van der Waals surface area contributed by atoms with Crippen molar-refractivity contribution in [1.29, 1.82) is 0 Å². The van der Waals surface area contributed by atoms with Crippen LogP contribution in [-0.2, 0) is 52.1 Å². The Kier molecular flexibility index (Phi) is 23.6. The first-order valence-electron chi connectivity index (χ1n) is 16.7. The number of nitrogens with one attached hydrogen (secondary N) is 2. The molecule has 0 spiro atoms. The van der Waals surface area contributed by atoms with Gasteiger partial charge in [0.1, 0.15) is 21.8 Å². The zero-order valence-corrected chi connectivity index (χ0v) is 36.3. The van der Waals surface area contributed by atoms with Gasteiger partial charge < -0.3 is 39.5 Å². The van der Waals surface area contributed by atoms with Gasteiger partial charge in [-0.05, 0) is 42.4 Å². The van der Waals surface area contributed by atoms with Crippen LogP contribution in [0.3, 0.4) is 0 Å². The Bertz CT molecular complexity index is 2010. The number of rotatable bonds is 13. The summed E-state index contributed by atoms with van der Waals surface area (Å²) in [6.07, 6.45) is -2.57. The summed E-state index contributed by atoms with van der Waals surface area (Å²) < 4.78 is 81.1. The van der Waals surface area contributed by atoms with Gasteiger partial charge in [-0.1, -0.05) is 48.0 Å². The SMILES string of the molecule is C1CCOC1.CSc1nc(N)nc(NCC(=O)Cc2cccc(C(F)(F)F)c2)c1C=O.C[S-].Nc1nc(Cl)c(C=O)c(NCC(=O)Cc2cccc(C(F)(F)F)c2)n1.[Na+]. The van der Waals surface area contributed by atoms with Crippen molar-refractivity contribution in [3.63, 3.8) is 0 Å². The predicted octanol–water partition coefficient (Wildman–Crippen LogP) is 3.57.